The minimum atomic E-state index is -4.74. The van der Waals surface area contributed by atoms with Gasteiger partial charge in [0, 0.05) is 0 Å². The molecule has 2 rings (SSSR count). The topological polar surface area (TPSA) is 74.2 Å². The number of allylic oxidation sites excluding steroid dienone is 1. The Bertz CT molecular complexity index is 940. The molecule has 0 atom stereocenters. The van der Waals surface area contributed by atoms with E-state index >= 15 is 0 Å². The standard InChI is InChI=1S/C23H25F3O6/c1-14(16-8-10-17(11-9-16)31-23(24,25)26)6-7-15-12-18(29-4)20(19(13-15)30-5)32-22(2,3)21(27)28/h8-13H,1,6-7H2,2-5H3,(H,27,28). The van der Waals surface area contributed by atoms with Gasteiger partial charge in [-0.1, -0.05) is 18.7 Å². The van der Waals surface area contributed by atoms with Gasteiger partial charge in [-0.2, -0.15) is 0 Å². The molecule has 0 bridgehead atoms. The van der Waals surface area contributed by atoms with E-state index in [0.29, 0.717) is 35.5 Å². The normalized spacial score (nSPS) is 11.6. The van der Waals surface area contributed by atoms with Crippen LogP contribution in [0.1, 0.15) is 31.4 Å². The van der Waals surface area contributed by atoms with Crippen molar-refractivity contribution in [2.45, 2.75) is 38.7 Å². The number of alkyl halides is 3. The third-order valence-electron chi connectivity index (χ3n) is 4.60. The van der Waals surface area contributed by atoms with Crippen LogP contribution in [0.5, 0.6) is 23.0 Å². The first-order chi connectivity index (χ1) is 14.9. The van der Waals surface area contributed by atoms with Gasteiger partial charge in [0.05, 0.1) is 14.2 Å². The predicted octanol–water partition coefficient (Wildman–Crippen LogP) is 5.49. The summed E-state index contributed by atoms with van der Waals surface area (Å²) in [5, 5.41) is 9.33. The smallest absolute Gasteiger partial charge is 0.493 e. The van der Waals surface area contributed by atoms with E-state index in [1.807, 2.05) is 0 Å². The Hall–Kier alpha value is -3.36. The van der Waals surface area contributed by atoms with Gasteiger partial charge in [0.25, 0.3) is 0 Å². The van der Waals surface area contributed by atoms with Crippen LogP contribution in [0.3, 0.4) is 0 Å². The first kappa shape index (κ1) is 24.9. The van der Waals surface area contributed by atoms with Crippen LogP contribution in [0.25, 0.3) is 5.57 Å². The van der Waals surface area contributed by atoms with Crippen molar-refractivity contribution in [3.63, 3.8) is 0 Å². The molecule has 0 heterocycles. The van der Waals surface area contributed by atoms with Gasteiger partial charge in [-0.3, -0.25) is 0 Å². The molecule has 0 unspecified atom stereocenters. The van der Waals surface area contributed by atoms with Crippen molar-refractivity contribution in [3.05, 3.63) is 54.1 Å². The molecule has 0 amide bonds. The largest absolute Gasteiger partial charge is 0.573 e. The molecule has 0 saturated carbocycles. The molecule has 2 aromatic rings. The van der Waals surface area contributed by atoms with E-state index in [-0.39, 0.29) is 11.5 Å². The monoisotopic (exact) mass is 454 g/mol. The lowest BCUT2D eigenvalue weighted by molar-refractivity contribution is -0.274. The summed E-state index contributed by atoms with van der Waals surface area (Å²) in [6.45, 7) is 6.83. The molecule has 9 heteroatoms. The van der Waals surface area contributed by atoms with Crippen molar-refractivity contribution < 1.29 is 42.0 Å². The summed E-state index contributed by atoms with van der Waals surface area (Å²) in [6.07, 6.45) is -3.71. The zero-order valence-electron chi connectivity index (χ0n) is 18.2. The molecular formula is C23H25F3O6. The summed E-state index contributed by atoms with van der Waals surface area (Å²) in [7, 11) is 2.87. The van der Waals surface area contributed by atoms with Crippen LogP contribution < -0.4 is 18.9 Å². The molecule has 32 heavy (non-hydrogen) atoms. The lowest BCUT2D eigenvalue weighted by Crippen LogP contribution is -2.38. The first-order valence-corrected chi connectivity index (χ1v) is 9.57. The number of benzene rings is 2. The number of halogens is 3. The van der Waals surface area contributed by atoms with E-state index in [2.05, 4.69) is 11.3 Å². The Labute approximate surface area is 184 Å². The molecule has 0 aliphatic heterocycles. The second kappa shape index (κ2) is 9.84. The molecule has 0 fully saturated rings. The minimum absolute atomic E-state index is 0.172. The number of aryl methyl sites for hydroxylation is 1. The summed E-state index contributed by atoms with van der Waals surface area (Å²) in [4.78, 5) is 11.4. The maximum atomic E-state index is 12.3. The van der Waals surface area contributed by atoms with Crippen LogP contribution in [0.2, 0.25) is 0 Å². The Morgan fingerprint density at radius 3 is 1.97 bits per heavy atom. The average Bonchev–Trinajstić information content (AvgIpc) is 2.71. The van der Waals surface area contributed by atoms with Crippen molar-refractivity contribution in [3.8, 4) is 23.0 Å². The molecule has 0 aliphatic carbocycles. The van der Waals surface area contributed by atoms with E-state index in [1.165, 1.54) is 52.3 Å². The van der Waals surface area contributed by atoms with E-state index < -0.39 is 17.9 Å². The highest BCUT2D eigenvalue weighted by molar-refractivity contribution is 5.77. The third kappa shape index (κ3) is 6.57. The quantitative estimate of drug-likeness (QED) is 0.512. The summed E-state index contributed by atoms with van der Waals surface area (Å²) in [6, 6.07) is 8.91. The SMILES string of the molecule is C=C(CCc1cc(OC)c(OC(C)(C)C(=O)O)c(OC)c1)c1ccc(OC(F)(F)F)cc1. The number of carbonyl (C=O) groups is 1. The number of carboxylic acids is 1. The number of rotatable bonds is 10. The van der Waals surface area contributed by atoms with Crippen LogP contribution >= 0.6 is 0 Å². The molecule has 0 radical (unpaired) electrons. The van der Waals surface area contributed by atoms with E-state index in [0.717, 1.165) is 5.56 Å². The van der Waals surface area contributed by atoms with Gasteiger partial charge >= 0.3 is 12.3 Å². The first-order valence-electron chi connectivity index (χ1n) is 9.57. The number of methoxy groups -OCH3 is 2. The molecular weight excluding hydrogens is 429 g/mol. The minimum Gasteiger partial charge on any atom is -0.493 e. The van der Waals surface area contributed by atoms with Gasteiger partial charge in [0.1, 0.15) is 5.75 Å². The fraction of sp³-hybridized carbons (Fsp3) is 0.348. The highest BCUT2D eigenvalue weighted by Gasteiger charge is 2.32. The number of hydrogen-bond donors (Lipinski definition) is 1. The summed E-state index contributed by atoms with van der Waals surface area (Å²) in [5.41, 5.74) is 0.714. The Morgan fingerprint density at radius 1 is 1.00 bits per heavy atom. The molecule has 2 aromatic carbocycles. The zero-order valence-corrected chi connectivity index (χ0v) is 18.2. The van der Waals surface area contributed by atoms with Gasteiger partial charge in [0.15, 0.2) is 17.1 Å². The summed E-state index contributed by atoms with van der Waals surface area (Å²) < 4.78 is 57.1. The van der Waals surface area contributed by atoms with Gasteiger partial charge in [-0.25, -0.2) is 4.79 Å². The number of aliphatic carboxylic acids is 1. The Balaban J connectivity index is 2.16. The highest BCUT2D eigenvalue weighted by atomic mass is 19.4. The second-order valence-electron chi connectivity index (χ2n) is 7.42. The van der Waals surface area contributed by atoms with Crippen molar-refractivity contribution >= 4 is 11.5 Å². The fourth-order valence-corrected chi connectivity index (χ4v) is 2.81. The molecule has 0 spiro atoms. The zero-order chi connectivity index (χ0) is 24.1. The molecule has 174 valence electrons. The summed E-state index contributed by atoms with van der Waals surface area (Å²) >= 11 is 0. The van der Waals surface area contributed by atoms with Crippen molar-refractivity contribution in [2.24, 2.45) is 0 Å². The van der Waals surface area contributed by atoms with E-state index in [9.17, 15) is 23.1 Å². The molecule has 0 aliphatic rings. The van der Waals surface area contributed by atoms with Crippen LogP contribution in [0.4, 0.5) is 13.2 Å². The van der Waals surface area contributed by atoms with Crippen molar-refractivity contribution in [2.75, 3.05) is 14.2 Å². The lowest BCUT2D eigenvalue weighted by atomic mass is 9.99. The Kier molecular flexibility index (Phi) is 7.66. The van der Waals surface area contributed by atoms with Gasteiger partial charge < -0.3 is 24.1 Å². The lowest BCUT2D eigenvalue weighted by Gasteiger charge is -2.24. The number of ether oxygens (including phenoxy) is 4. The predicted molar refractivity (Wildman–Crippen MR) is 112 cm³/mol. The molecule has 1 N–H and O–H groups in total. The average molecular weight is 454 g/mol. The fourth-order valence-electron chi connectivity index (χ4n) is 2.81. The van der Waals surface area contributed by atoms with Crippen LogP contribution in [0.15, 0.2) is 43.0 Å². The number of hydrogen-bond acceptors (Lipinski definition) is 5. The number of carboxylic acid groups (broad SMARTS) is 1. The van der Waals surface area contributed by atoms with E-state index in [4.69, 9.17) is 14.2 Å². The summed E-state index contributed by atoms with van der Waals surface area (Å²) in [5.74, 6) is -0.650. The van der Waals surface area contributed by atoms with Gasteiger partial charge in [-0.05, 0) is 67.7 Å². The second-order valence-corrected chi connectivity index (χ2v) is 7.42. The van der Waals surface area contributed by atoms with Gasteiger partial charge in [0.2, 0.25) is 5.75 Å². The van der Waals surface area contributed by atoms with Crippen LogP contribution in [-0.2, 0) is 11.2 Å². The van der Waals surface area contributed by atoms with Crippen molar-refractivity contribution in [1.82, 2.24) is 0 Å². The van der Waals surface area contributed by atoms with E-state index in [1.54, 1.807) is 12.1 Å². The maximum Gasteiger partial charge on any atom is 0.573 e. The maximum absolute atomic E-state index is 12.3. The molecule has 0 aromatic heterocycles. The molecule has 6 nitrogen and oxygen atoms in total. The van der Waals surface area contributed by atoms with Crippen molar-refractivity contribution in [1.29, 1.82) is 0 Å². The Morgan fingerprint density at radius 2 is 1.53 bits per heavy atom. The van der Waals surface area contributed by atoms with Crippen LogP contribution in [0, 0.1) is 0 Å². The molecule has 0 saturated heterocycles. The van der Waals surface area contributed by atoms with Gasteiger partial charge in [-0.15, -0.1) is 13.2 Å². The third-order valence-corrected chi connectivity index (χ3v) is 4.60. The highest BCUT2D eigenvalue weighted by Crippen LogP contribution is 2.41. The van der Waals surface area contributed by atoms with Crippen LogP contribution in [-0.4, -0.2) is 37.3 Å².